The van der Waals surface area contributed by atoms with Gasteiger partial charge in [-0.25, -0.2) is 4.89 Å². The van der Waals surface area contributed by atoms with Gasteiger partial charge in [-0.1, -0.05) is 6.08 Å². The van der Waals surface area contributed by atoms with Crippen molar-refractivity contribution in [3.8, 4) is 0 Å². The predicted molar refractivity (Wildman–Crippen MR) is 62.6 cm³/mol. The van der Waals surface area contributed by atoms with Gasteiger partial charge in [-0.05, 0) is 31.4 Å². The molecule has 1 saturated heterocycles. The molecule has 3 rings (SSSR count). The maximum Gasteiger partial charge on any atom is 0.219 e. The fraction of sp³-hybridized carbons (Fsp3) is 0.538. The molecular weight excluding hydrogens is 218 g/mol. The van der Waals surface area contributed by atoms with Crippen LogP contribution in [0.5, 0.6) is 0 Å². The second-order valence-electron chi connectivity index (χ2n) is 4.32. The fourth-order valence-electron chi connectivity index (χ4n) is 2.40. The number of nitrogens with zero attached hydrogens (tertiary/aromatic N) is 1. The maximum absolute atomic E-state index is 5.60. The standard InChI is InChI=1S/C13H17NO3/c1-2-16-17-13-12-9-14-6-3-4-11(14)8-10(12)5-7-15-13/h4,8-9,13H,2-3,5-7H2,1H3. The molecule has 0 amide bonds. The van der Waals surface area contributed by atoms with Crippen LogP contribution >= 0.6 is 0 Å². The first-order valence-corrected chi connectivity index (χ1v) is 6.18. The lowest BCUT2D eigenvalue weighted by atomic mass is 9.97. The molecule has 0 radical (unpaired) electrons. The van der Waals surface area contributed by atoms with Crippen LogP contribution < -0.4 is 0 Å². The highest BCUT2D eigenvalue weighted by Crippen LogP contribution is 2.34. The van der Waals surface area contributed by atoms with E-state index >= 15 is 0 Å². The first kappa shape index (κ1) is 11.0. The van der Waals surface area contributed by atoms with Gasteiger partial charge in [0, 0.05) is 24.0 Å². The van der Waals surface area contributed by atoms with E-state index in [1.54, 1.807) is 0 Å². The summed E-state index contributed by atoms with van der Waals surface area (Å²) in [7, 11) is 0. The molecule has 3 heterocycles. The lowest BCUT2D eigenvalue weighted by Gasteiger charge is -2.32. The van der Waals surface area contributed by atoms with Crippen molar-refractivity contribution < 1.29 is 14.5 Å². The molecule has 3 aliphatic rings. The second kappa shape index (κ2) is 4.64. The highest BCUT2D eigenvalue weighted by atomic mass is 17.2. The van der Waals surface area contributed by atoms with Gasteiger partial charge in [-0.3, -0.25) is 0 Å². The summed E-state index contributed by atoms with van der Waals surface area (Å²) in [5.74, 6) is 0. The van der Waals surface area contributed by atoms with Crippen molar-refractivity contribution >= 4 is 0 Å². The summed E-state index contributed by atoms with van der Waals surface area (Å²) in [5.41, 5.74) is 3.72. The molecule has 0 N–H and O–H groups in total. The molecule has 92 valence electrons. The van der Waals surface area contributed by atoms with Crippen molar-refractivity contribution in [2.75, 3.05) is 19.8 Å². The zero-order chi connectivity index (χ0) is 11.7. The van der Waals surface area contributed by atoms with Gasteiger partial charge >= 0.3 is 0 Å². The van der Waals surface area contributed by atoms with E-state index in [0.29, 0.717) is 13.2 Å². The number of rotatable bonds is 3. The van der Waals surface area contributed by atoms with E-state index in [1.165, 1.54) is 11.3 Å². The monoisotopic (exact) mass is 235 g/mol. The van der Waals surface area contributed by atoms with Gasteiger partial charge in [-0.2, -0.15) is 4.89 Å². The Morgan fingerprint density at radius 3 is 3.35 bits per heavy atom. The third kappa shape index (κ3) is 2.04. The summed E-state index contributed by atoms with van der Waals surface area (Å²) in [6.45, 7) is 4.16. The fourth-order valence-corrected chi connectivity index (χ4v) is 2.40. The Bertz CT molecular complexity index is 397. The Morgan fingerprint density at radius 2 is 2.47 bits per heavy atom. The molecule has 0 saturated carbocycles. The lowest BCUT2D eigenvalue weighted by Crippen LogP contribution is -2.31. The van der Waals surface area contributed by atoms with Gasteiger partial charge in [-0.15, -0.1) is 0 Å². The molecular formula is C13H17NO3. The van der Waals surface area contributed by atoms with Crippen LogP contribution in [0.3, 0.4) is 0 Å². The molecule has 0 aromatic carbocycles. The Kier molecular flexibility index (Phi) is 3.01. The summed E-state index contributed by atoms with van der Waals surface area (Å²) in [5, 5.41) is 0. The van der Waals surface area contributed by atoms with Crippen LogP contribution in [0.25, 0.3) is 0 Å². The lowest BCUT2D eigenvalue weighted by molar-refractivity contribution is -0.366. The Hall–Kier alpha value is -1.10. The summed E-state index contributed by atoms with van der Waals surface area (Å²) < 4.78 is 5.60. The third-order valence-electron chi connectivity index (χ3n) is 3.21. The third-order valence-corrected chi connectivity index (χ3v) is 3.21. The van der Waals surface area contributed by atoms with E-state index in [1.807, 2.05) is 6.92 Å². The van der Waals surface area contributed by atoms with Crippen LogP contribution in [0, 0.1) is 0 Å². The van der Waals surface area contributed by atoms with Gasteiger partial charge in [0.05, 0.1) is 13.2 Å². The van der Waals surface area contributed by atoms with E-state index in [2.05, 4.69) is 23.3 Å². The number of ether oxygens (including phenoxy) is 1. The minimum Gasteiger partial charge on any atom is -0.347 e. The van der Waals surface area contributed by atoms with Gasteiger partial charge in [0.2, 0.25) is 6.29 Å². The largest absolute Gasteiger partial charge is 0.347 e. The molecule has 17 heavy (non-hydrogen) atoms. The number of hydrogen-bond donors (Lipinski definition) is 0. The van der Waals surface area contributed by atoms with Crippen molar-refractivity contribution in [1.29, 1.82) is 0 Å². The van der Waals surface area contributed by atoms with Crippen LogP contribution in [0.15, 0.2) is 35.2 Å². The first-order chi connectivity index (χ1) is 8.38. The molecule has 1 atom stereocenters. The maximum atomic E-state index is 5.60. The molecule has 0 bridgehead atoms. The van der Waals surface area contributed by atoms with E-state index in [9.17, 15) is 0 Å². The summed E-state index contributed by atoms with van der Waals surface area (Å²) in [4.78, 5) is 12.5. The Labute approximate surface area is 101 Å². The van der Waals surface area contributed by atoms with Gasteiger partial charge in [0.1, 0.15) is 0 Å². The first-order valence-electron chi connectivity index (χ1n) is 6.18. The molecule has 0 aliphatic carbocycles. The van der Waals surface area contributed by atoms with Crippen LogP contribution in [0.4, 0.5) is 0 Å². The van der Waals surface area contributed by atoms with Gasteiger partial charge < -0.3 is 9.64 Å². The Morgan fingerprint density at radius 1 is 1.53 bits per heavy atom. The average molecular weight is 235 g/mol. The van der Waals surface area contributed by atoms with E-state index in [4.69, 9.17) is 14.5 Å². The molecule has 0 spiro atoms. The number of fused-ring (bicyclic) bond motifs is 2. The zero-order valence-corrected chi connectivity index (χ0v) is 10.0. The second-order valence-corrected chi connectivity index (χ2v) is 4.32. The van der Waals surface area contributed by atoms with Gasteiger partial charge in [0.25, 0.3) is 0 Å². The van der Waals surface area contributed by atoms with E-state index in [-0.39, 0.29) is 6.29 Å². The van der Waals surface area contributed by atoms with E-state index in [0.717, 1.165) is 25.0 Å². The van der Waals surface area contributed by atoms with Crippen molar-refractivity contribution in [2.45, 2.75) is 26.1 Å². The molecule has 1 unspecified atom stereocenters. The SMILES string of the molecule is CCOOC1OCCC2=CC3=CCCN3C=C21. The molecule has 3 aliphatic heterocycles. The van der Waals surface area contributed by atoms with E-state index < -0.39 is 0 Å². The van der Waals surface area contributed by atoms with Gasteiger partial charge in [0.15, 0.2) is 0 Å². The molecule has 1 fully saturated rings. The van der Waals surface area contributed by atoms with Crippen LogP contribution in [-0.4, -0.2) is 30.9 Å². The molecule has 0 aromatic rings. The summed E-state index contributed by atoms with van der Waals surface area (Å²) >= 11 is 0. The highest BCUT2D eigenvalue weighted by molar-refractivity contribution is 5.45. The normalized spacial score (nSPS) is 27.0. The summed E-state index contributed by atoms with van der Waals surface area (Å²) in [6, 6.07) is 0. The van der Waals surface area contributed by atoms with Crippen LogP contribution in [-0.2, 0) is 14.5 Å². The number of allylic oxidation sites excluding steroid dienone is 1. The minimum absolute atomic E-state index is 0.378. The smallest absolute Gasteiger partial charge is 0.219 e. The number of hydrogen-bond acceptors (Lipinski definition) is 4. The highest BCUT2D eigenvalue weighted by Gasteiger charge is 2.30. The predicted octanol–water partition coefficient (Wildman–Crippen LogP) is 2.11. The molecule has 4 heteroatoms. The topological polar surface area (TPSA) is 30.9 Å². The zero-order valence-electron chi connectivity index (χ0n) is 10.0. The molecule has 0 aromatic heterocycles. The van der Waals surface area contributed by atoms with Crippen molar-refractivity contribution in [1.82, 2.24) is 4.90 Å². The Balaban J connectivity index is 1.82. The minimum atomic E-state index is -0.378. The van der Waals surface area contributed by atoms with Crippen molar-refractivity contribution in [3.05, 3.63) is 35.2 Å². The average Bonchev–Trinajstić information content (AvgIpc) is 2.80. The van der Waals surface area contributed by atoms with Crippen LogP contribution in [0.2, 0.25) is 0 Å². The van der Waals surface area contributed by atoms with Crippen molar-refractivity contribution in [2.24, 2.45) is 0 Å². The quantitative estimate of drug-likeness (QED) is 0.554. The van der Waals surface area contributed by atoms with Crippen LogP contribution in [0.1, 0.15) is 19.8 Å². The molecule has 4 nitrogen and oxygen atoms in total. The summed E-state index contributed by atoms with van der Waals surface area (Å²) in [6.07, 6.45) is 8.33. The van der Waals surface area contributed by atoms with Crippen molar-refractivity contribution in [3.63, 3.8) is 0 Å².